The van der Waals surface area contributed by atoms with Crippen molar-refractivity contribution in [3.63, 3.8) is 0 Å². The third kappa shape index (κ3) is 2.26. The molecule has 1 heterocycles. The standard InChI is InChI=1S/C13H16N4O/c1-16-9-15-8-12(16)13(18)17(2)11-5-3-10(7-14)4-6-11/h3-6,8-9H,7,14H2,1-2H3. The van der Waals surface area contributed by atoms with E-state index in [1.165, 1.54) is 0 Å². The molecule has 1 aromatic carbocycles. The van der Waals surface area contributed by atoms with Crippen molar-refractivity contribution >= 4 is 11.6 Å². The van der Waals surface area contributed by atoms with Crippen molar-refractivity contribution < 1.29 is 4.79 Å². The summed E-state index contributed by atoms with van der Waals surface area (Å²) in [6, 6.07) is 7.61. The highest BCUT2D eigenvalue weighted by atomic mass is 16.2. The van der Waals surface area contributed by atoms with E-state index in [9.17, 15) is 4.79 Å². The number of hydrogen-bond donors (Lipinski definition) is 1. The lowest BCUT2D eigenvalue weighted by Crippen LogP contribution is -2.27. The molecule has 0 radical (unpaired) electrons. The fourth-order valence-electron chi connectivity index (χ4n) is 1.71. The van der Waals surface area contributed by atoms with E-state index >= 15 is 0 Å². The molecule has 1 amide bonds. The average Bonchev–Trinajstić information content (AvgIpc) is 2.83. The van der Waals surface area contributed by atoms with Gasteiger partial charge in [-0.3, -0.25) is 4.79 Å². The number of aryl methyl sites for hydroxylation is 1. The molecule has 18 heavy (non-hydrogen) atoms. The second kappa shape index (κ2) is 5.01. The molecule has 0 bridgehead atoms. The Bertz CT molecular complexity index is 544. The Kier molecular flexibility index (Phi) is 3.43. The first-order chi connectivity index (χ1) is 8.63. The van der Waals surface area contributed by atoms with E-state index in [2.05, 4.69) is 4.98 Å². The molecule has 2 rings (SSSR count). The summed E-state index contributed by atoms with van der Waals surface area (Å²) in [5, 5.41) is 0. The summed E-state index contributed by atoms with van der Waals surface area (Å²) in [7, 11) is 3.54. The van der Waals surface area contributed by atoms with Gasteiger partial charge in [0, 0.05) is 26.3 Å². The zero-order valence-electron chi connectivity index (χ0n) is 10.5. The molecule has 0 spiro atoms. The summed E-state index contributed by atoms with van der Waals surface area (Å²) in [5.41, 5.74) is 7.97. The number of imidazole rings is 1. The van der Waals surface area contributed by atoms with E-state index in [1.54, 1.807) is 36.1 Å². The molecule has 0 saturated heterocycles. The maximum Gasteiger partial charge on any atom is 0.276 e. The van der Waals surface area contributed by atoms with E-state index in [0.717, 1.165) is 11.3 Å². The van der Waals surface area contributed by atoms with Gasteiger partial charge >= 0.3 is 0 Å². The summed E-state index contributed by atoms with van der Waals surface area (Å²) < 4.78 is 1.70. The molecule has 0 aliphatic heterocycles. The number of benzene rings is 1. The number of nitrogens with two attached hydrogens (primary N) is 1. The summed E-state index contributed by atoms with van der Waals surface area (Å²) in [6.45, 7) is 0.500. The van der Waals surface area contributed by atoms with Crippen molar-refractivity contribution in [2.45, 2.75) is 6.54 Å². The second-order valence-electron chi connectivity index (χ2n) is 4.12. The number of hydrogen-bond acceptors (Lipinski definition) is 3. The smallest absolute Gasteiger partial charge is 0.276 e. The minimum absolute atomic E-state index is 0.0875. The highest BCUT2D eigenvalue weighted by molar-refractivity contribution is 6.04. The van der Waals surface area contributed by atoms with Crippen LogP contribution in [-0.4, -0.2) is 22.5 Å². The van der Waals surface area contributed by atoms with Crippen molar-refractivity contribution in [2.75, 3.05) is 11.9 Å². The molecule has 94 valence electrons. The maximum atomic E-state index is 12.2. The van der Waals surface area contributed by atoms with Crippen molar-refractivity contribution in [3.05, 3.63) is 48.0 Å². The van der Waals surface area contributed by atoms with Crippen LogP contribution >= 0.6 is 0 Å². The molecule has 0 aliphatic carbocycles. The van der Waals surface area contributed by atoms with Crippen LogP contribution in [-0.2, 0) is 13.6 Å². The van der Waals surface area contributed by atoms with Crippen LogP contribution in [0.15, 0.2) is 36.8 Å². The Hall–Kier alpha value is -2.14. The SMILES string of the molecule is CN(C(=O)c1cncn1C)c1ccc(CN)cc1. The number of amides is 1. The molecule has 0 saturated carbocycles. The highest BCUT2D eigenvalue weighted by Crippen LogP contribution is 2.16. The van der Waals surface area contributed by atoms with Gasteiger partial charge in [0.1, 0.15) is 5.69 Å². The lowest BCUT2D eigenvalue weighted by Gasteiger charge is -2.17. The second-order valence-corrected chi connectivity index (χ2v) is 4.12. The minimum Gasteiger partial charge on any atom is -0.330 e. The molecule has 2 N–H and O–H groups in total. The van der Waals surface area contributed by atoms with Crippen LogP contribution in [0.5, 0.6) is 0 Å². The van der Waals surface area contributed by atoms with Gasteiger partial charge in [-0.15, -0.1) is 0 Å². The van der Waals surface area contributed by atoms with Gasteiger partial charge in [0.2, 0.25) is 0 Å². The first-order valence-corrected chi connectivity index (χ1v) is 5.67. The molecule has 5 nitrogen and oxygen atoms in total. The summed E-state index contributed by atoms with van der Waals surface area (Å²) in [6.07, 6.45) is 3.17. The van der Waals surface area contributed by atoms with E-state index in [4.69, 9.17) is 5.73 Å². The van der Waals surface area contributed by atoms with Gasteiger partial charge < -0.3 is 15.2 Å². The van der Waals surface area contributed by atoms with Crippen LogP contribution < -0.4 is 10.6 Å². The van der Waals surface area contributed by atoms with Gasteiger partial charge in [0.15, 0.2) is 0 Å². The molecule has 5 heteroatoms. The van der Waals surface area contributed by atoms with Crippen LogP contribution in [0.4, 0.5) is 5.69 Å². The molecule has 0 unspecified atom stereocenters. The van der Waals surface area contributed by atoms with Gasteiger partial charge in [0.05, 0.1) is 12.5 Å². The van der Waals surface area contributed by atoms with Crippen molar-refractivity contribution in [3.8, 4) is 0 Å². The fraction of sp³-hybridized carbons (Fsp3) is 0.231. The van der Waals surface area contributed by atoms with Gasteiger partial charge in [-0.1, -0.05) is 12.1 Å². The number of anilines is 1. The number of carbonyl (C=O) groups excluding carboxylic acids is 1. The van der Waals surface area contributed by atoms with Crippen LogP contribution in [0, 0.1) is 0 Å². The number of carbonyl (C=O) groups is 1. The van der Waals surface area contributed by atoms with Gasteiger partial charge in [0.25, 0.3) is 5.91 Å². The van der Waals surface area contributed by atoms with Crippen LogP contribution in [0.3, 0.4) is 0 Å². The Morgan fingerprint density at radius 1 is 1.39 bits per heavy atom. The van der Waals surface area contributed by atoms with Gasteiger partial charge in [-0.05, 0) is 17.7 Å². The zero-order valence-corrected chi connectivity index (χ0v) is 10.5. The first-order valence-electron chi connectivity index (χ1n) is 5.67. The first kappa shape index (κ1) is 12.3. The number of rotatable bonds is 3. The molecular weight excluding hydrogens is 228 g/mol. The lowest BCUT2D eigenvalue weighted by atomic mass is 10.2. The Labute approximate surface area is 106 Å². The molecule has 2 aromatic rings. The Morgan fingerprint density at radius 2 is 2.06 bits per heavy atom. The van der Waals surface area contributed by atoms with Crippen LogP contribution in [0.25, 0.3) is 0 Å². The average molecular weight is 244 g/mol. The third-order valence-electron chi connectivity index (χ3n) is 2.90. The quantitative estimate of drug-likeness (QED) is 0.881. The fourth-order valence-corrected chi connectivity index (χ4v) is 1.71. The van der Waals surface area contributed by atoms with Crippen LogP contribution in [0.2, 0.25) is 0 Å². The molecule has 0 atom stereocenters. The number of nitrogens with zero attached hydrogens (tertiary/aromatic N) is 3. The molecule has 0 fully saturated rings. The van der Waals surface area contributed by atoms with Crippen molar-refractivity contribution in [1.29, 1.82) is 0 Å². The molecule has 1 aromatic heterocycles. The Morgan fingerprint density at radius 3 is 2.56 bits per heavy atom. The van der Waals surface area contributed by atoms with E-state index < -0.39 is 0 Å². The number of aromatic nitrogens is 2. The molecule has 0 aliphatic rings. The largest absolute Gasteiger partial charge is 0.330 e. The summed E-state index contributed by atoms with van der Waals surface area (Å²) in [5.74, 6) is -0.0875. The Balaban J connectivity index is 2.23. The molecular formula is C13H16N4O. The van der Waals surface area contributed by atoms with E-state index in [0.29, 0.717) is 12.2 Å². The van der Waals surface area contributed by atoms with Crippen molar-refractivity contribution in [1.82, 2.24) is 9.55 Å². The summed E-state index contributed by atoms with van der Waals surface area (Å²) in [4.78, 5) is 17.8. The normalized spacial score (nSPS) is 10.4. The third-order valence-corrected chi connectivity index (χ3v) is 2.90. The van der Waals surface area contributed by atoms with Gasteiger partial charge in [-0.25, -0.2) is 4.98 Å². The van der Waals surface area contributed by atoms with E-state index in [-0.39, 0.29) is 5.91 Å². The van der Waals surface area contributed by atoms with E-state index in [1.807, 2.05) is 24.3 Å². The van der Waals surface area contributed by atoms with Gasteiger partial charge in [-0.2, -0.15) is 0 Å². The predicted molar refractivity (Wildman–Crippen MR) is 70.3 cm³/mol. The van der Waals surface area contributed by atoms with Crippen LogP contribution in [0.1, 0.15) is 16.1 Å². The van der Waals surface area contributed by atoms with Crippen molar-refractivity contribution in [2.24, 2.45) is 12.8 Å². The lowest BCUT2D eigenvalue weighted by molar-refractivity contribution is 0.0985. The summed E-state index contributed by atoms with van der Waals surface area (Å²) >= 11 is 0. The zero-order chi connectivity index (χ0) is 13.1. The topological polar surface area (TPSA) is 64.2 Å². The maximum absolute atomic E-state index is 12.2. The minimum atomic E-state index is -0.0875. The monoisotopic (exact) mass is 244 g/mol. The highest BCUT2D eigenvalue weighted by Gasteiger charge is 2.16. The predicted octanol–water partition coefficient (Wildman–Crippen LogP) is 1.16.